The predicted molar refractivity (Wildman–Crippen MR) is 116 cm³/mol. The lowest BCUT2D eigenvalue weighted by Crippen LogP contribution is -2.28. The van der Waals surface area contributed by atoms with Crippen LogP contribution in [0.3, 0.4) is 0 Å². The van der Waals surface area contributed by atoms with Crippen LogP contribution in [0.4, 0.5) is 10.6 Å². The number of nitrogens with one attached hydrogen (secondary N) is 1. The first-order valence-electron chi connectivity index (χ1n) is 10.3. The number of aromatic nitrogens is 4. The molecule has 3 aromatic heterocycles. The van der Waals surface area contributed by atoms with Gasteiger partial charge < -0.3 is 14.5 Å². The van der Waals surface area contributed by atoms with Crippen molar-refractivity contribution in [1.29, 1.82) is 0 Å². The third kappa shape index (κ3) is 2.96. The van der Waals surface area contributed by atoms with Crippen LogP contribution in [0.1, 0.15) is 23.9 Å². The van der Waals surface area contributed by atoms with E-state index >= 15 is 0 Å². The van der Waals surface area contributed by atoms with Crippen LogP contribution in [0.5, 0.6) is 5.75 Å². The molecule has 0 spiro atoms. The number of oxazole rings is 1. The van der Waals surface area contributed by atoms with Crippen molar-refractivity contribution >= 4 is 17.6 Å². The highest BCUT2D eigenvalue weighted by Gasteiger charge is 2.27. The normalized spacial score (nSPS) is 13.9. The van der Waals surface area contributed by atoms with Crippen molar-refractivity contribution in [2.24, 2.45) is 0 Å². The third-order valence-electron chi connectivity index (χ3n) is 5.65. The molecule has 1 N–H and O–H groups in total. The number of hydrogen-bond donors (Lipinski definition) is 1. The van der Waals surface area contributed by atoms with Gasteiger partial charge in [0.15, 0.2) is 11.5 Å². The van der Waals surface area contributed by atoms with E-state index in [1.54, 1.807) is 16.7 Å². The Labute approximate surface area is 179 Å². The topological polar surface area (TPSA) is 89.8 Å². The fourth-order valence-electron chi connectivity index (χ4n) is 4.10. The molecule has 1 saturated heterocycles. The van der Waals surface area contributed by atoms with Gasteiger partial charge in [0, 0.05) is 30.9 Å². The minimum absolute atomic E-state index is 0.132. The van der Waals surface area contributed by atoms with E-state index in [9.17, 15) is 4.79 Å². The van der Waals surface area contributed by atoms with Gasteiger partial charge in [-0.05, 0) is 44.0 Å². The Morgan fingerprint density at radius 2 is 2.06 bits per heavy atom. The number of fused-ring (bicyclic) bond motifs is 1. The van der Waals surface area contributed by atoms with Gasteiger partial charge in [-0.3, -0.25) is 4.90 Å². The predicted octanol–water partition coefficient (Wildman–Crippen LogP) is 3.50. The zero-order valence-corrected chi connectivity index (χ0v) is 18.0. The first-order chi connectivity index (χ1) is 15.0. The van der Waals surface area contributed by atoms with Crippen LogP contribution >= 0.6 is 0 Å². The van der Waals surface area contributed by atoms with Crippen LogP contribution in [0.25, 0.3) is 22.7 Å². The van der Waals surface area contributed by atoms with Crippen LogP contribution in [0, 0.1) is 13.8 Å². The minimum Gasteiger partial charge on any atom is -0.497 e. The quantitative estimate of drug-likeness (QED) is 0.534. The molecular weight excluding hydrogens is 396 g/mol. The minimum atomic E-state index is -0.132. The van der Waals surface area contributed by atoms with Gasteiger partial charge in [0.05, 0.1) is 12.8 Å². The molecule has 0 radical (unpaired) electrons. The number of urea groups is 1. The maximum Gasteiger partial charge on any atom is 0.323 e. The first kappa shape index (κ1) is 19.2. The molecule has 4 heterocycles. The number of nitrogens with zero attached hydrogens (tertiary/aromatic N) is 5. The molecule has 1 aliphatic rings. The largest absolute Gasteiger partial charge is 0.497 e. The van der Waals surface area contributed by atoms with Crippen LogP contribution in [0.15, 0.2) is 34.9 Å². The summed E-state index contributed by atoms with van der Waals surface area (Å²) in [7, 11) is 1.66. The molecule has 5 rings (SSSR count). The zero-order valence-electron chi connectivity index (χ0n) is 18.0. The number of rotatable bonds is 5. The number of benzene rings is 1. The summed E-state index contributed by atoms with van der Waals surface area (Å²) in [6.07, 6.45) is 2.55. The summed E-state index contributed by atoms with van der Waals surface area (Å²) in [6.45, 7) is 7.25. The van der Waals surface area contributed by atoms with E-state index in [0.717, 1.165) is 39.7 Å². The average Bonchev–Trinajstić information content (AvgIpc) is 3.51. The number of ether oxygens (including phenoxy) is 1. The monoisotopic (exact) mass is 420 g/mol. The average molecular weight is 420 g/mol. The number of carbonyl (C=O) groups is 1. The number of methoxy groups -OCH3 is 1. The van der Waals surface area contributed by atoms with Crippen molar-refractivity contribution in [2.75, 3.05) is 25.1 Å². The van der Waals surface area contributed by atoms with Gasteiger partial charge in [-0.2, -0.15) is 9.61 Å². The summed E-state index contributed by atoms with van der Waals surface area (Å²) in [5, 5.41) is 12.3. The fraction of sp³-hybridized carbons (Fsp3) is 0.318. The highest BCUT2D eigenvalue weighted by Crippen LogP contribution is 2.35. The SMILES string of the molecule is CCc1nn2c(-c3ccc(OC)cc3C)c(C)oc2c1-n1ccc(N2CCNC2=O)n1. The van der Waals surface area contributed by atoms with Crippen molar-refractivity contribution < 1.29 is 13.9 Å². The number of carbonyl (C=O) groups excluding carboxylic acids is 1. The molecule has 0 aliphatic carbocycles. The van der Waals surface area contributed by atoms with Crippen molar-refractivity contribution in [3.05, 3.63) is 47.5 Å². The number of hydrogen-bond acceptors (Lipinski definition) is 5. The van der Waals surface area contributed by atoms with Crippen LogP contribution in [-0.2, 0) is 6.42 Å². The second-order valence-electron chi connectivity index (χ2n) is 7.56. The second kappa shape index (κ2) is 7.19. The lowest BCUT2D eigenvalue weighted by Gasteiger charge is -2.09. The maximum atomic E-state index is 12.0. The van der Waals surface area contributed by atoms with Gasteiger partial charge >= 0.3 is 6.03 Å². The molecule has 0 bridgehead atoms. The number of anilines is 1. The van der Waals surface area contributed by atoms with E-state index in [0.29, 0.717) is 31.0 Å². The van der Waals surface area contributed by atoms with E-state index in [-0.39, 0.29) is 6.03 Å². The summed E-state index contributed by atoms with van der Waals surface area (Å²) in [5.74, 6) is 2.18. The molecule has 1 aliphatic heterocycles. The molecule has 0 unspecified atom stereocenters. The number of amides is 2. The Balaban J connectivity index is 1.65. The Morgan fingerprint density at radius 3 is 2.74 bits per heavy atom. The van der Waals surface area contributed by atoms with Crippen LogP contribution < -0.4 is 15.0 Å². The molecule has 4 aromatic rings. The van der Waals surface area contributed by atoms with Gasteiger partial charge in [0.1, 0.15) is 17.2 Å². The Hall–Kier alpha value is -3.75. The van der Waals surface area contributed by atoms with Gasteiger partial charge in [0.25, 0.3) is 0 Å². The molecule has 1 aromatic carbocycles. The summed E-state index contributed by atoms with van der Waals surface area (Å²) < 4.78 is 15.1. The van der Waals surface area contributed by atoms with Crippen molar-refractivity contribution in [3.63, 3.8) is 0 Å². The van der Waals surface area contributed by atoms with Gasteiger partial charge in [-0.25, -0.2) is 9.48 Å². The maximum absolute atomic E-state index is 12.0. The molecule has 0 saturated carbocycles. The highest BCUT2D eigenvalue weighted by molar-refractivity contribution is 5.93. The van der Waals surface area contributed by atoms with Gasteiger partial charge in [0.2, 0.25) is 5.71 Å². The fourth-order valence-corrected chi connectivity index (χ4v) is 4.10. The number of aryl methyl sites for hydroxylation is 3. The van der Waals surface area contributed by atoms with E-state index in [1.807, 2.05) is 48.8 Å². The van der Waals surface area contributed by atoms with Crippen LogP contribution in [-0.4, -0.2) is 45.6 Å². The zero-order chi connectivity index (χ0) is 21.7. The van der Waals surface area contributed by atoms with Crippen LogP contribution in [0.2, 0.25) is 0 Å². The van der Waals surface area contributed by atoms with Crippen molar-refractivity contribution in [2.45, 2.75) is 27.2 Å². The van der Waals surface area contributed by atoms with E-state index < -0.39 is 0 Å². The van der Waals surface area contributed by atoms with E-state index in [4.69, 9.17) is 14.3 Å². The Kier molecular flexibility index (Phi) is 4.46. The molecule has 0 atom stereocenters. The molecule has 1 fully saturated rings. The Bertz CT molecular complexity index is 1300. The summed E-state index contributed by atoms with van der Waals surface area (Å²) >= 11 is 0. The lowest BCUT2D eigenvalue weighted by atomic mass is 10.0. The smallest absolute Gasteiger partial charge is 0.323 e. The van der Waals surface area contributed by atoms with E-state index in [2.05, 4.69) is 17.3 Å². The molecular formula is C22H24N6O3. The summed E-state index contributed by atoms with van der Waals surface area (Å²) in [4.78, 5) is 13.6. The van der Waals surface area contributed by atoms with E-state index in [1.165, 1.54) is 0 Å². The molecule has 31 heavy (non-hydrogen) atoms. The summed E-state index contributed by atoms with van der Waals surface area (Å²) in [6, 6.07) is 7.66. The second-order valence-corrected chi connectivity index (χ2v) is 7.56. The molecule has 9 nitrogen and oxygen atoms in total. The summed E-state index contributed by atoms with van der Waals surface area (Å²) in [5.41, 5.74) is 5.29. The Morgan fingerprint density at radius 1 is 1.23 bits per heavy atom. The molecule has 9 heteroatoms. The van der Waals surface area contributed by atoms with Crippen molar-refractivity contribution in [3.8, 4) is 22.7 Å². The highest BCUT2D eigenvalue weighted by atomic mass is 16.5. The van der Waals surface area contributed by atoms with Gasteiger partial charge in [-0.1, -0.05) is 6.92 Å². The molecule has 2 amide bonds. The first-order valence-corrected chi connectivity index (χ1v) is 10.3. The standard InChI is InChI=1S/C22H24N6O3/c1-5-17-20(27-10-8-18(25-27)26-11-9-23-22(26)29)21-28(24-17)19(14(3)31-21)16-7-6-15(30-4)12-13(16)2/h6-8,10,12H,5,9,11H2,1-4H3,(H,23,29). The van der Waals surface area contributed by atoms with Gasteiger partial charge in [-0.15, -0.1) is 5.10 Å². The third-order valence-corrected chi connectivity index (χ3v) is 5.65. The lowest BCUT2D eigenvalue weighted by molar-refractivity contribution is 0.252. The molecule has 160 valence electrons. The van der Waals surface area contributed by atoms with Crippen molar-refractivity contribution in [1.82, 2.24) is 24.7 Å².